The van der Waals surface area contributed by atoms with Crippen molar-refractivity contribution in [3.05, 3.63) is 46.2 Å². The zero-order valence-corrected chi connectivity index (χ0v) is 13.0. The van der Waals surface area contributed by atoms with Crippen molar-refractivity contribution in [2.75, 3.05) is 11.5 Å². The Labute approximate surface area is 128 Å². The maximum atomic E-state index is 14.2. The third kappa shape index (κ3) is 3.05. The van der Waals surface area contributed by atoms with E-state index < -0.39 is 5.82 Å². The van der Waals surface area contributed by atoms with Crippen LogP contribution in [0.1, 0.15) is 30.9 Å². The summed E-state index contributed by atoms with van der Waals surface area (Å²) >= 11 is 5.81. The fraction of sp³-hybridized carbons (Fsp3) is 0.250. The Morgan fingerprint density at radius 3 is 2.43 bits per heavy atom. The van der Waals surface area contributed by atoms with Crippen LogP contribution in [0.2, 0.25) is 5.02 Å². The van der Waals surface area contributed by atoms with Crippen LogP contribution in [-0.4, -0.2) is 0 Å². The van der Waals surface area contributed by atoms with Crippen LogP contribution in [0.15, 0.2) is 24.3 Å². The molecule has 0 saturated carbocycles. The monoisotopic (exact) mass is 308 g/mol. The van der Waals surface area contributed by atoms with Crippen molar-refractivity contribution in [3.8, 4) is 11.5 Å². The van der Waals surface area contributed by atoms with Gasteiger partial charge >= 0.3 is 0 Å². The molecule has 0 atom stereocenters. The van der Waals surface area contributed by atoms with E-state index in [0.717, 1.165) is 11.1 Å². The fourth-order valence-corrected chi connectivity index (χ4v) is 2.09. The Hall–Kier alpha value is -1.94. The molecule has 0 radical (unpaired) electrons. The first kappa shape index (κ1) is 15.4. The van der Waals surface area contributed by atoms with E-state index >= 15 is 0 Å². The topological polar surface area (TPSA) is 61.3 Å². The lowest BCUT2D eigenvalue weighted by Gasteiger charge is -2.15. The van der Waals surface area contributed by atoms with Crippen LogP contribution in [0.3, 0.4) is 0 Å². The van der Waals surface area contributed by atoms with Crippen molar-refractivity contribution < 1.29 is 9.13 Å². The van der Waals surface area contributed by atoms with Gasteiger partial charge in [0.25, 0.3) is 0 Å². The molecule has 0 spiro atoms. The molecule has 112 valence electrons. The molecule has 0 fully saturated rings. The number of rotatable bonds is 3. The Morgan fingerprint density at radius 1 is 1.14 bits per heavy atom. The van der Waals surface area contributed by atoms with Gasteiger partial charge in [0.1, 0.15) is 10.8 Å². The van der Waals surface area contributed by atoms with Crippen molar-refractivity contribution >= 4 is 23.0 Å². The van der Waals surface area contributed by atoms with Gasteiger partial charge in [-0.05, 0) is 36.1 Å². The summed E-state index contributed by atoms with van der Waals surface area (Å²) in [4.78, 5) is 0. The van der Waals surface area contributed by atoms with Crippen LogP contribution in [0, 0.1) is 12.7 Å². The first-order valence-corrected chi connectivity index (χ1v) is 7.00. The summed E-state index contributed by atoms with van der Waals surface area (Å²) in [5.41, 5.74) is 13.5. The van der Waals surface area contributed by atoms with Gasteiger partial charge in [0.15, 0.2) is 11.6 Å². The van der Waals surface area contributed by atoms with Crippen LogP contribution in [0.25, 0.3) is 0 Å². The van der Waals surface area contributed by atoms with Gasteiger partial charge in [-0.1, -0.05) is 37.6 Å². The molecule has 5 heteroatoms. The number of halogens is 2. The van der Waals surface area contributed by atoms with E-state index in [0.29, 0.717) is 11.7 Å². The summed E-state index contributed by atoms with van der Waals surface area (Å²) in [6.45, 7) is 6.03. The predicted molar refractivity (Wildman–Crippen MR) is 85.6 cm³/mol. The first-order valence-electron chi connectivity index (χ1n) is 6.62. The minimum Gasteiger partial charge on any atom is -0.452 e. The summed E-state index contributed by atoms with van der Waals surface area (Å²) in [5, 5.41) is -0.183. The van der Waals surface area contributed by atoms with Crippen LogP contribution < -0.4 is 16.2 Å². The largest absolute Gasteiger partial charge is 0.452 e. The average Bonchev–Trinajstić information content (AvgIpc) is 2.42. The van der Waals surface area contributed by atoms with Crippen LogP contribution in [0.5, 0.6) is 11.5 Å². The smallest absolute Gasteiger partial charge is 0.188 e. The van der Waals surface area contributed by atoms with Crippen molar-refractivity contribution in [1.29, 1.82) is 0 Å². The SMILES string of the molecule is Cc1ccc(C(C)C)cc1Oc1c(N)cc(N)c(Cl)c1F. The van der Waals surface area contributed by atoms with Gasteiger partial charge in [0.05, 0.1) is 11.4 Å². The van der Waals surface area contributed by atoms with Gasteiger partial charge in [-0.15, -0.1) is 0 Å². The second-order valence-electron chi connectivity index (χ2n) is 5.29. The summed E-state index contributed by atoms with van der Waals surface area (Å²) < 4.78 is 19.8. The van der Waals surface area contributed by atoms with E-state index in [9.17, 15) is 4.39 Å². The van der Waals surface area contributed by atoms with Gasteiger partial charge in [0.2, 0.25) is 0 Å². The minimum absolute atomic E-state index is 0.0895. The summed E-state index contributed by atoms with van der Waals surface area (Å²) in [6.07, 6.45) is 0. The number of aryl methyl sites for hydroxylation is 1. The number of benzene rings is 2. The van der Waals surface area contributed by atoms with Gasteiger partial charge in [-0.25, -0.2) is 4.39 Å². The Bertz CT molecular complexity index is 686. The highest BCUT2D eigenvalue weighted by atomic mass is 35.5. The molecule has 2 aromatic carbocycles. The molecule has 0 aliphatic heterocycles. The molecule has 0 aliphatic carbocycles. The molecule has 21 heavy (non-hydrogen) atoms. The zero-order chi connectivity index (χ0) is 15.7. The molecule has 0 aromatic heterocycles. The lowest BCUT2D eigenvalue weighted by molar-refractivity contribution is 0.441. The lowest BCUT2D eigenvalue weighted by atomic mass is 10.0. The Kier molecular flexibility index (Phi) is 4.28. The lowest BCUT2D eigenvalue weighted by Crippen LogP contribution is -2.01. The van der Waals surface area contributed by atoms with E-state index in [2.05, 4.69) is 13.8 Å². The number of anilines is 2. The highest BCUT2D eigenvalue weighted by Gasteiger charge is 2.17. The van der Waals surface area contributed by atoms with Gasteiger partial charge in [-0.3, -0.25) is 0 Å². The van der Waals surface area contributed by atoms with Crippen molar-refractivity contribution in [2.45, 2.75) is 26.7 Å². The molecule has 4 N–H and O–H groups in total. The van der Waals surface area contributed by atoms with Gasteiger partial charge in [-0.2, -0.15) is 0 Å². The molecule has 2 rings (SSSR count). The zero-order valence-electron chi connectivity index (χ0n) is 12.2. The molecular formula is C16H18ClFN2O. The maximum Gasteiger partial charge on any atom is 0.188 e. The van der Waals surface area contributed by atoms with E-state index in [-0.39, 0.29) is 22.1 Å². The number of nitrogen functional groups attached to an aromatic ring is 2. The molecule has 0 saturated heterocycles. The molecule has 3 nitrogen and oxygen atoms in total. The third-order valence-corrected chi connectivity index (χ3v) is 3.69. The Balaban J connectivity index is 2.48. The number of hydrogen-bond acceptors (Lipinski definition) is 3. The molecule has 0 bridgehead atoms. The van der Waals surface area contributed by atoms with Gasteiger partial charge in [0, 0.05) is 0 Å². The van der Waals surface area contributed by atoms with Crippen LogP contribution >= 0.6 is 11.6 Å². The second-order valence-corrected chi connectivity index (χ2v) is 5.67. The highest BCUT2D eigenvalue weighted by Crippen LogP contribution is 2.39. The summed E-state index contributed by atoms with van der Waals surface area (Å²) in [7, 11) is 0. The fourth-order valence-electron chi connectivity index (χ4n) is 1.95. The molecule has 2 aromatic rings. The average molecular weight is 309 g/mol. The van der Waals surface area contributed by atoms with Crippen LogP contribution in [-0.2, 0) is 0 Å². The number of ether oxygens (including phenoxy) is 1. The predicted octanol–water partition coefficient (Wildman–Crippen LogP) is 4.87. The quantitative estimate of drug-likeness (QED) is 0.795. The molecule has 0 amide bonds. The molecule has 0 unspecified atom stereocenters. The van der Waals surface area contributed by atoms with E-state index in [1.807, 2.05) is 25.1 Å². The van der Waals surface area contributed by atoms with E-state index in [1.54, 1.807) is 0 Å². The number of nitrogens with two attached hydrogens (primary N) is 2. The maximum absolute atomic E-state index is 14.2. The Morgan fingerprint density at radius 2 is 1.81 bits per heavy atom. The van der Waals surface area contributed by atoms with Crippen LogP contribution in [0.4, 0.5) is 15.8 Å². The van der Waals surface area contributed by atoms with E-state index in [4.69, 9.17) is 27.8 Å². The standard InChI is InChI=1S/C16H18ClFN2O/c1-8(2)10-5-4-9(3)13(6-10)21-16-12(20)7-11(19)14(17)15(16)18/h4-8H,19-20H2,1-3H3. The van der Waals surface area contributed by atoms with E-state index in [1.165, 1.54) is 6.07 Å². The second kappa shape index (κ2) is 5.82. The molecule has 0 aliphatic rings. The van der Waals surface area contributed by atoms with Crippen molar-refractivity contribution in [1.82, 2.24) is 0 Å². The van der Waals surface area contributed by atoms with Crippen molar-refractivity contribution in [2.24, 2.45) is 0 Å². The summed E-state index contributed by atoms with van der Waals surface area (Å²) in [5.74, 6) is 0.0412. The normalized spacial score (nSPS) is 11.0. The highest BCUT2D eigenvalue weighted by molar-refractivity contribution is 6.33. The number of hydrogen-bond donors (Lipinski definition) is 2. The minimum atomic E-state index is -0.747. The van der Waals surface area contributed by atoms with Gasteiger partial charge < -0.3 is 16.2 Å². The summed E-state index contributed by atoms with van der Waals surface area (Å²) in [6, 6.07) is 7.21. The molecule has 0 heterocycles. The first-order chi connectivity index (χ1) is 9.81. The van der Waals surface area contributed by atoms with Crippen molar-refractivity contribution in [3.63, 3.8) is 0 Å². The third-order valence-electron chi connectivity index (χ3n) is 3.31. The molecular weight excluding hydrogens is 291 g/mol.